The van der Waals surface area contributed by atoms with E-state index >= 15 is 0 Å². The van der Waals surface area contributed by atoms with E-state index in [4.69, 9.17) is 5.11 Å². The highest BCUT2D eigenvalue weighted by Gasteiger charge is 2.31. The average molecular weight is 168 g/mol. The van der Waals surface area contributed by atoms with E-state index in [0.29, 0.717) is 0 Å². The number of rotatable bonds is 3. The molecule has 0 aliphatic heterocycles. The lowest BCUT2D eigenvalue weighted by atomic mass is 9.96. The Morgan fingerprint density at radius 3 is 1.64 bits per heavy atom. The van der Waals surface area contributed by atoms with Gasteiger partial charge in [0.2, 0.25) is 0 Å². The van der Waals surface area contributed by atoms with Crippen LogP contribution in [0, 0.1) is 0 Å². The van der Waals surface area contributed by atoms with Gasteiger partial charge in [0.25, 0.3) is 0 Å². The molecule has 0 rings (SSSR count). The monoisotopic (exact) mass is 168 g/mol. The van der Waals surface area contributed by atoms with E-state index in [1.54, 1.807) is 0 Å². The molecule has 0 aromatic carbocycles. The SMILES string of the molecule is CCC(O)(CC)C(F)=C(F)F. The van der Waals surface area contributed by atoms with E-state index in [-0.39, 0.29) is 12.8 Å². The zero-order valence-corrected chi connectivity index (χ0v) is 6.50. The third-order valence-electron chi connectivity index (χ3n) is 1.74. The van der Waals surface area contributed by atoms with Crippen molar-refractivity contribution >= 4 is 0 Å². The fourth-order valence-corrected chi connectivity index (χ4v) is 0.736. The summed E-state index contributed by atoms with van der Waals surface area (Å²) in [5.74, 6) is -1.71. The van der Waals surface area contributed by atoms with E-state index < -0.39 is 17.5 Å². The maximum absolute atomic E-state index is 12.5. The van der Waals surface area contributed by atoms with Crippen molar-refractivity contribution in [3.63, 3.8) is 0 Å². The zero-order valence-electron chi connectivity index (χ0n) is 6.50. The van der Waals surface area contributed by atoms with Crippen LogP contribution < -0.4 is 0 Å². The van der Waals surface area contributed by atoms with E-state index in [2.05, 4.69) is 0 Å². The van der Waals surface area contributed by atoms with Crippen LogP contribution in [-0.4, -0.2) is 10.7 Å². The van der Waals surface area contributed by atoms with E-state index in [9.17, 15) is 13.2 Å². The Morgan fingerprint density at radius 1 is 1.18 bits per heavy atom. The van der Waals surface area contributed by atoms with E-state index in [0.717, 1.165) is 0 Å². The van der Waals surface area contributed by atoms with Crippen LogP contribution in [0.3, 0.4) is 0 Å². The third kappa shape index (κ3) is 2.22. The van der Waals surface area contributed by atoms with Crippen molar-refractivity contribution in [2.75, 3.05) is 0 Å². The topological polar surface area (TPSA) is 20.2 Å². The summed E-state index contributed by atoms with van der Waals surface area (Å²) < 4.78 is 35.7. The summed E-state index contributed by atoms with van der Waals surface area (Å²) in [5, 5.41) is 9.15. The molecule has 0 aliphatic rings. The molecule has 0 unspecified atom stereocenters. The molecule has 0 aliphatic carbocycles. The first kappa shape index (κ1) is 10.5. The van der Waals surface area contributed by atoms with Crippen LogP contribution in [0.25, 0.3) is 0 Å². The molecule has 1 nitrogen and oxygen atoms in total. The number of aliphatic hydroxyl groups is 1. The molecule has 0 aromatic heterocycles. The van der Waals surface area contributed by atoms with Crippen molar-refractivity contribution in [3.8, 4) is 0 Å². The van der Waals surface area contributed by atoms with Gasteiger partial charge in [0.1, 0.15) is 5.60 Å². The molecule has 0 atom stereocenters. The lowest BCUT2D eigenvalue weighted by molar-refractivity contribution is 0.0392. The fourth-order valence-electron chi connectivity index (χ4n) is 0.736. The van der Waals surface area contributed by atoms with E-state index in [1.807, 2.05) is 0 Å². The Balaban J connectivity index is 4.64. The highest BCUT2D eigenvalue weighted by atomic mass is 19.3. The molecule has 0 radical (unpaired) electrons. The van der Waals surface area contributed by atoms with Crippen LogP contribution in [0.15, 0.2) is 11.9 Å². The Labute approximate surface area is 63.5 Å². The summed E-state index contributed by atoms with van der Waals surface area (Å²) >= 11 is 0. The van der Waals surface area contributed by atoms with Gasteiger partial charge in [-0.2, -0.15) is 8.78 Å². The van der Waals surface area contributed by atoms with Crippen LogP contribution in [0.2, 0.25) is 0 Å². The molecule has 0 fully saturated rings. The highest BCUT2D eigenvalue weighted by Crippen LogP contribution is 2.29. The molecular weight excluding hydrogens is 157 g/mol. The van der Waals surface area contributed by atoms with Crippen molar-refractivity contribution in [1.29, 1.82) is 0 Å². The first-order chi connectivity index (χ1) is 4.98. The summed E-state index contributed by atoms with van der Waals surface area (Å²) in [7, 11) is 0. The molecule has 0 bridgehead atoms. The van der Waals surface area contributed by atoms with Crippen molar-refractivity contribution in [3.05, 3.63) is 11.9 Å². The minimum absolute atomic E-state index is 0.0489. The summed E-state index contributed by atoms with van der Waals surface area (Å²) in [6.45, 7) is 2.90. The second kappa shape index (κ2) is 3.76. The Hall–Kier alpha value is -0.510. The zero-order chi connectivity index (χ0) is 9.07. The maximum atomic E-state index is 12.5. The molecule has 0 amide bonds. The van der Waals surface area contributed by atoms with Gasteiger partial charge in [0, 0.05) is 0 Å². The summed E-state index contributed by atoms with van der Waals surface area (Å²) in [6, 6.07) is 0. The van der Waals surface area contributed by atoms with Gasteiger partial charge in [-0.05, 0) is 12.8 Å². The van der Waals surface area contributed by atoms with Crippen LogP contribution in [0.4, 0.5) is 13.2 Å². The Bertz CT molecular complexity index is 157. The van der Waals surface area contributed by atoms with Gasteiger partial charge in [-0.15, -0.1) is 0 Å². The molecule has 0 heterocycles. The minimum atomic E-state index is -2.43. The number of hydrogen-bond donors (Lipinski definition) is 1. The van der Waals surface area contributed by atoms with Crippen LogP contribution >= 0.6 is 0 Å². The second-order valence-corrected chi connectivity index (χ2v) is 2.31. The smallest absolute Gasteiger partial charge is 0.304 e. The van der Waals surface area contributed by atoms with Crippen molar-refractivity contribution in [2.24, 2.45) is 0 Å². The molecule has 0 spiro atoms. The number of hydrogen-bond acceptors (Lipinski definition) is 1. The van der Waals surface area contributed by atoms with E-state index in [1.165, 1.54) is 13.8 Å². The molecule has 66 valence electrons. The third-order valence-corrected chi connectivity index (χ3v) is 1.74. The second-order valence-electron chi connectivity index (χ2n) is 2.31. The average Bonchev–Trinajstić information content (AvgIpc) is 2.01. The van der Waals surface area contributed by atoms with Gasteiger partial charge in [0.05, 0.1) is 0 Å². The molecule has 1 N–H and O–H groups in total. The normalized spacial score (nSPS) is 11.5. The van der Waals surface area contributed by atoms with Gasteiger partial charge < -0.3 is 5.11 Å². The minimum Gasteiger partial charge on any atom is -0.383 e. The summed E-state index contributed by atoms with van der Waals surface area (Å²) in [6.07, 6.45) is -2.53. The van der Waals surface area contributed by atoms with Crippen LogP contribution in [0.1, 0.15) is 26.7 Å². The summed E-state index contributed by atoms with van der Waals surface area (Å²) in [5.41, 5.74) is -1.97. The van der Waals surface area contributed by atoms with Crippen LogP contribution in [-0.2, 0) is 0 Å². The molecule has 0 aromatic rings. The lowest BCUT2D eigenvalue weighted by Gasteiger charge is -2.21. The van der Waals surface area contributed by atoms with Crippen molar-refractivity contribution < 1.29 is 18.3 Å². The predicted octanol–water partition coefficient (Wildman–Crippen LogP) is 2.62. The predicted molar refractivity (Wildman–Crippen MR) is 35.9 cm³/mol. The van der Waals surface area contributed by atoms with Crippen molar-refractivity contribution in [1.82, 2.24) is 0 Å². The molecule has 0 saturated heterocycles. The first-order valence-electron chi connectivity index (χ1n) is 3.41. The first-order valence-corrected chi connectivity index (χ1v) is 3.41. The lowest BCUT2D eigenvalue weighted by Crippen LogP contribution is -2.27. The van der Waals surface area contributed by atoms with Gasteiger partial charge in [-0.1, -0.05) is 13.8 Å². The molecule has 4 heteroatoms. The maximum Gasteiger partial charge on any atom is 0.304 e. The summed E-state index contributed by atoms with van der Waals surface area (Å²) in [4.78, 5) is 0. The van der Waals surface area contributed by atoms with Gasteiger partial charge in [0.15, 0.2) is 5.83 Å². The quantitative estimate of drug-likeness (QED) is 0.686. The highest BCUT2D eigenvalue weighted by molar-refractivity contribution is 5.08. The standard InChI is InChI=1S/C7H11F3O/c1-3-7(11,4-2)5(8)6(9)10/h11H,3-4H2,1-2H3. The van der Waals surface area contributed by atoms with Gasteiger partial charge >= 0.3 is 6.08 Å². The Kier molecular flexibility index (Phi) is 3.58. The Morgan fingerprint density at radius 2 is 1.55 bits per heavy atom. The van der Waals surface area contributed by atoms with Crippen LogP contribution in [0.5, 0.6) is 0 Å². The van der Waals surface area contributed by atoms with Gasteiger partial charge in [-0.25, -0.2) is 4.39 Å². The molecule has 0 saturated carbocycles. The fraction of sp³-hybridized carbons (Fsp3) is 0.714. The molecular formula is C7H11F3O. The van der Waals surface area contributed by atoms with Crippen molar-refractivity contribution in [2.45, 2.75) is 32.3 Å². The molecule has 11 heavy (non-hydrogen) atoms. The van der Waals surface area contributed by atoms with Gasteiger partial charge in [-0.3, -0.25) is 0 Å². The largest absolute Gasteiger partial charge is 0.383 e. The number of halogens is 3.